The van der Waals surface area contributed by atoms with E-state index in [2.05, 4.69) is 37.2 Å². The number of nitrogens with zero attached hydrogens (tertiary/aromatic N) is 3. The molecule has 0 aliphatic carbocycles. The van der Waals surface area contributed by atoms with Crippen LogP contribution < -0.4 is 0 Å². The Morgan fingerprint density at radius 1 is 1.16 bits per heavy atom. The smallest absolute Gasteiger partial charge is 0.180 e. The number of sulfone groups is 1. The van der Waals surface area contributed by atoms with Crippen LogP contribution in [0.3, 0.4) is 0 Å². The first-order chi connectivity index (χ1) is 11.3. The summed E-state index contributed by atoms with van der Waals surface area (Å²) in [5.74, 6) is 0.989. The molecule has 0 amide bonds. The van der Waals surface area contributed by atoms with E-state index in [4.69, 9.17) is 4.98 Å². The van der Waals surface area contributed by atoms with Crippen molar-refractivity contribution in [3.8, 4) is 0 Å². The molecule has 2 aromatic rings. The quantitative estimate of drug-likeness (QED) is 0.807. The topological polar surface area (TPSA) is 55.2 Å². The van der Waals surface area contributed by atoms with Gasteiger partial charge in [0.25, 0.3) is 0 Å². The molecule has 1 heterocycles. The van der Waals surface area contributed by atoms with Gasteiger partial charge in [0.15, 0.2) is 9.84 Å². The van der Waals surface area contributed by atoms with Gasteiger partial charge in [0, 0.05) is 6.42 Å². The van der Waals surface area contributed by atoms with E-state index in [-0.39, 0.29) is 11.6 Å². The molecule has 0 aliphatic rings. The SMILES string of the molecule is CC(N(C)C)n1c(CC(C)(C)C)nc2cc(S(=O)(=O)C(C)C)ccc21. The summed E-state index contributed by atoms with van der Waals surface area (Å²) >= 11 is 0. The van der Waals surface area contributed by atoms with Crippen molar-refractivity contribution in [1.82, 2.24) is 14.5 Å². The predicted molar refractivity (Wildman–Crippen MR) is 104 cm³/mol. The monoisotopic (exact) mass is 365 g/mol. The van der Waals surface area contributed by atoms with Gasteiger partial charge in [-0.15, -0.1) is 0 Å². The van der Waals surface area contributed by atoms with Crippen LogP contribution in [0.1, 0.15) is 53.5 Å². The van der Waals surface area contributed by atoms with Gasteiger partial charge >= 0.3 is 0 Å². The lowest BCUT2D eigenvalue weighted by Gasteiger charge is -2.26. The van der Waals surface area contributed by atoms with Gasteiger partial charge in [-0.2, -0.15) is 0 Å². The molecule has 0 aliphatic heterocycles. The Kier molecular flexibility index (Phi) is 5.36. The maximum atomic E-state index is 12.5. The molecule has 25 heavy (non-hydrogen) atoms. The first kappa shape index (κ1) is 19.9. The normalized spacial score (nSPS) is 14.6. The maximum Gasteiger partial charge on any atom is 0.180 e. The summed E-state index contributed by atoms with van der Waals surface area (Å²) in [6, 6.07) is 5.32. The van der Waals surface area contributed by atoms with E-state index in [0.717, 1.165) is 23.3 Å². The molecule has 0 saturated heterocycles. The summed E-state index contributed by atoms with van der Waals surface area (Å²) in [5, 5.41) is -0.443. The van der Waals surface area contributed by atoms with E-state index in [1.54, 1.807) is 26.0 Å². The average Bonchev–Trinajstić information content (AvgIpc) is 2.80. The van der Waals surface area contributed by atoms with E-state index in [9.17, 15) is 8.42 Å². The number of imidazole rings is 1. The van der Waals surface area contributed by atoms with Crippen LogP contribution in [0.15, 0.2) is 23.1 Å². The van der Waals surface area contributed by atoms with Crippen molar-refractivity contribution < 1.29 is 8.42 Å². The molecule has 0 spiro atoms. The summed E-state index contributed by atoms with van der Waals surface area (Å²) in [7, 11) is 0.770. The highest BCUT2D eigenvalue weighted by Gasteiger charge is 2.24. The van der Waals surface area contributed by atoms with Crippen molar-refractivity contribution in [3.05, 3.63) is 24.0 Å². The Morgan fingerprint density at radius 3 is 2.24 bits per heavy atom. The Balaban J connectivity index is 2.69. The van der Waals surface area contributed by atoms with Crippen molar-refractivity contribution in [1.29, 1.82) is 0 Å². The van der Waals surface area contributed by atoms with E-state index >= 15 is 0 Å². The third-order valence-electron chi connectivity index (χ3n) is 4.49. The molecule has 6 heteroatoms. The molecule has 1 aromatic carbocycles. The van der Waals surface area contributed by atoms with E-state index < -0.39 is 15.1 Å². The molecule has 0 N–H and O–H groups in total. The highest BCUT2D eigenvalue weighted by Crippen LogP contribution is 2.29. The fourth-order valence-electron chi connectivity index (χ4n) is 2.82. The van der Waals surface area contributed by atoms with Crippen LogP contribution in [0.4, 0.5) is 0 Å². The van der Waals surface area contributed by atoms with Gasteiger partial charge in [-0.25, -0.2) is 13.4 Å². The van der Waals surface area contributed by atoms with Crippen molar-refractivity contribution in [2.45, 2.75) is 64.3 Å². The maximum absolute atomic E-state index is 12.5. The molecule has 1 atom stereocenters. The Hall–Kier alpha value is -1.40. The van der Waals surface area contributed by atoms with Crippen molar-refractivity contribution >= 4 is 20.9 Å². The van der Waals surface area contributed by atoms with Crippen LogP contribution in [0.2, 0.25) is 0 Å². The first-order valence-electron chi connectivity index (χ1n) is 8.76. The van der Waals surface area contributed by atoms with Crippen LogP contribution in [-0.4, -0.2) is 42.2 Å². The third kappa shape index (κ3) is 4.06. The van der Waals surface area contributed by atoms with Crippen LogP contribution in [0.5, 0.6) is 0 Å². The van der Waals surface area contributed by atoms with Gasteiger partial charge in [-0.05, 0) is 58.5 Å². The third-order valence-corrected chi connectivity index (χ3v) is 6.64. The second kappa shape index (κ2) is 6.72. The van der Waals surface area contributed by atoms with Crippen LogP contribution in [0, 0.1) is 5.41 Å². The summed E-state index contributed by atoms with van der Waals surface area (Å²) < 4.78 is 27.2. The molecular weight excluding hydrogens is 334 g/mol. The number of hydrogen-bond acceptors (Lipinski definition) is 4. The second-order valence-corrected chi connectivity index (χ2v) is 11.0. The highest BCUT2D eigenvalue weighted by atomic mass is 32.2. The minimum atomic E-state index is -3.30. The zero-order valence-electron chi connectivity index (χ0n) is 16.7. The molecule has 140 valence electrons. The van der Waals surface area contributed by atoms with Gasteiger partial charge in [0.1, 0.15) is 5.82 Å². The minimum absolute atomic E-state index is 0.0952. The van der Waals surface area contributed by atoms with Crippen LogP contribution in [0.25, 0.3) is 11.0 Å². The molecule has 2 rings (SSSR count). The Labute approximate surface area is 152 Å². The Morgan fingerprint density at radius 2 is 1.76 bits per heavy atom. The molecule has 0 bridgehead atoms. The molecular formula is C19H31N3O2S. The van der Waals surface area contributed by atoms with Crippen LogP contribution >= 0.6 is 0 Å². The molecule has 0 fully saturated rings. The van der Waals surface area contributed by atoms with Gasteiger partial charge < -0.3 is 4.57 Å². The lowest BCUT2D eigenvalue weighted by molar-refractivity contribution is 0.233. The number of fused-ring (bicyclic) bond motifs is 1. The largest absolute Gasteiger partial charge is 0.312 e. The van der Waals surface area contributed by atoms with Crippen LogP contribution in [-0.2, 0) is 16.3 Å². The first-order valence-corrected chi connectivity index (χ1v) is 10.3. The summed E-state index contributed by atoms with van der Waals surface area (Å²) in [4.78, 5) is 7.28. The predicted octanol–water partition coefficient (Wildman–Crippen LogP) is 3.89. The van der Waals surface area contributed by atoms with E-state index in [1.807, 2.05) is 20.2 Å². The van der Waals surface area contributed by atoms with Gasteiger partial charge in [0.05, 0.1) is 27.3 Å². The van der Waals surface area contributed by atoms with E-state index in [0.29, 0.717) is 4.90 Å². The number of hydrogen-bond donors (Lipinski definition) is 0. The van der Waals surface area contributed by atoms with Gasteiger partial charge in [0.2, 0.25) is 0 Å². The second-order valence-electron chi connectivity index (χ2n) is 8.48. The van der Waals surface area contributed by atoms with E-state index in [1.165, 1.54) is 0 Å². The van der Waals surface area contributed by atoms with Gasteiger partial charge in [-0.1, -0.05) is 20.8 Å². The lowest BCUT2D eigenvalue weighted by Crippen LogP contribution is -2.26. The number of benzene rings is 1. The van der Waals surface area contributed by atoms with Crippen molar-refractivity contribution in [2.75, 3.05) is 14.1 Å². The molecule has 1 unspecified atom stereocenters. The molecule has 0 saturated carbocycles. The zero-order chi connectivity index (χ0) is 19.2. The average molecular weight is 366 g/mol. The zero-order valence-corrected chi connectivity index (χ0v) is 17.5. The fraction of sp³-hybridized carbons (Fsp3) is 0.632. The van der Waals surface area contributed by atoms with Crippen molar-refractivity contribution in [3.63, 3.8) is 0 Å². The summed E-state index contributed by atoms with van der Waals surface area (Å²) in [6.45, 7) is 12.1. The standard InChI is InChI=1S/C19H31N3O2S/c1-13(2)25(23,24)15-9-10-17-16(11-15)20-18(12-19(4,5)6)22(17)14(3)21(7)8/h9-11,13-14H,12H2,1-8H3. The molecule has 0 radical (unpaired) electrons. The summed E-state index contributed by atoms with van der Waals surface area (Å²) in [5.41, 5.74) is 1.82. The number of aromatic nitrogens is 2. The van der Waals surface area contributed by atoms with Gasteiger partial charge in [-0.3, -0.25) is 4.90 Å². The lowest BCUT2D eigenvalue weighted by atomic mass is 9.92. The van der Waals surface area contributed by atoms with Crippen molar-refractivity contribution in [2.24, 2.45) is 5.41 Å². The molecule has 5 nitrogen and oxygen atoms in total. The summed E-state index contributed by atoms with van der Waals surface area (Å²) in [6.07, 6.45) is 0.960. The number of rotatable bonds is 5. The fourth-order valence-corrected chi connectivity index (χ4v) is 3.90. The molecule has 1 aromatic heterocycles. The Bertz CT molecular complexity index is 859. The highest BCUT2D eigenvalue weighted by molar-refractivity contribution is 7.92. The minimum Gasteiger partial charge on any atom is -0.312 e.